The van der Waals surface area contributed by atoms with E-state index in [1.54, 1.807) is 14.0 Å². The molecule has 0 heterocycles. The fraction of sp³-hybridized carbons (Fsp3) is 0.929. The Kier molecular flexibility index (Phi) is 3.91. The zero-order chi connectivity index (χ0) is 13.3. The predicted octanol–water partition coefficient (Wildman–Crippen LogP) is 2.88. The fourth-order valence-electron chi connectivity index (χ4n) is 2.70. The van der Waals surface area contributed by atoms with Crippen LogP contribution in [-0.4, -0.2) is 23.9 Å². The molecule has 3 heteroatoms. The highest BCUT2D eigenvalue weighted by atomic mass is 16.5. The molecule has 2 unspecified atom stereocenters. The Morgan fingerprint density at radius 3 is 2.12 bits per heavy atom. The SMILES string of the molecule is COC(C)C(C)(O)C1(C#N)CCC(C)(C)CC1. The van der Waals surface area contributed by atoms with Gasteiger partial charge in [0.1, 0.15) is 5.60 Å². The van der Waals surface area contributed by atoms with Crippen molar-refractivity contribution in [2.75, 3.05) is 7.11 Å². The standard InChI is InChI=1S/C14H25NO2/c1-11(17-5)13(4,16)14(10-15)8-6-12(2,3)7-9-14/h11,16H,6-9H2,1-5H3. The molecular formula is C14H25NO2. The Morgan fingerprint density at radius 2 is 1.76 bits per heavy atom. The van der Waals surface area contributed by atoms with E-state index >= 15 is 0 Å². The van der Waals surface area contributed by atoms with E-state index in [-0.39, 0.29) is 11.5 Å². The van der Waals surface area contributed by atoms with Crippen molar-refractivity contribution in [1.29, 1.82) is 5.26 Å². The maximum atomic E-state index is 10.7. The number of ether oxygens (including phenoxy) is 1. The summed E-state index contributed by atoms with van der Waals surface area (Å²) in [6, 6.07) is 2.38. The highest BCUT2D eigenvalue weighted by Gasteiger charge is 2.53. The summed E-state index contributed by atoms with van der Waals surface area (Å²) in [6.45, 7) is 8.02. The molecule has 98 valence electrons. The first-order valence-electron chi connectivity index (χ1n) is 6.37. The zero-order valence-corrected chi connectivity index (χ0v) is 11.7. The third-order valence-electron chi connectivity index (χ3n) is 4.79. The minimum Gasteiger partial charge on any atom is -0.386 e. The first-order valence-corrected chi connectivity index (χ1v) is 6.37. The van der Waals surface area contributed by atoms with Crippen LogP contribution >= 0.6 is 0 Å². The summed E-state index contributed by atoms with van der Waals surface area (Å²) in [5.41, 5.74) is -1.47. The smallest absolute Gasteiger partial charge is 0.106 e. The van der Waals surface area contributed by atoms with E-state index in [4.69, 9.17) is 4.74 Å². The topological polar surface area (TPSA) is 53.2 Å². The van der Waals surface area contributed by atoms with E-state index < -0.39 is 11.0 Å². The second kappa shape index (κ2) is 4.59. The lowest BCUT2D eigenvalue weighted by Gasteiger charge is -2.48. The number of nitrogens with zero attached hydrogens (tertiary/aromatic N) is 1. The van der Waals surface area contributed by atoms with Gasteiger partial charge in [0.25, 0.3) is 0 Å². The van der Waals surface area contributed by atoms with Gasteiger partial charge in [0, 0.05) is 7.11 Å². The highest BCUT2D eigenvalue weighted by Crippen LogP contribution is 2.51. The van der Waals surface area contributed by atoms with Gasteiger partial charge in [-0.15, -0.1) is 0 Å². The van der Waals surface area contributed by atoms with E-state index in [1.807, 2.05) is 6.92 Å². The minimum absolute atomic E-state index is 0.284. The van der Waals surface area contributed by atoms with Crippen LogP contribution in [0.15, 0.2) is 0 Å². The maximum Gasteiger partial charge on any atom is 0.106 e. The molecule has 1 aliphatic carbocycles. The molecule has 0 amide bonds. The average Bonchev–Trinajstić information content (AvgIpc) is 2.28. The van der Waals surface area contributed by atoms with Crippen molar-refractivity contribution < 1.29 is 9.84 Å². The van der Waals surface area contributed by atoms with Crippen LogP contribution in [0.5, 0.6) is 0 Å². The van der Waals surface area contributed by atoms with Crippen molar-refractivity contribution >= 4 is 0 Å². The van der Waals surface area contributed by atoms with Crippen LogP contribution in [0, 0.1) is 22.2 Å². The first kappa shape index (κ1) is 14.5. The molecule has 1 saturated carbocycles. The molecule has 17 heavy (non-hydrogen) atoms. The van der Waals surface area contributed by atoms with Gasteiger partial charge in [0.05, 0.1) is 17.6 Å². The number of hydrogen-bond donors (Lipinski definition) is 1. The Labute approximate surface area is 105 Å². The van der Waals surface area contributed by atoms with Gasteiger partial charge in [0.2, 0.25) is 0 Å². The number of nitriles is 1. The Bertz CT molecular complexity index is 305. The second-order valence-corrected chi connectivity index (χ2v) is 6.38. The first-order chi connectivity index (χ1) is 7.71. The minimum atomic E-state index is -1.09. The monoisotopic (exact) mass is 239 g/mol. The van der Waals surface area contributed by atoms with E-state index in [1.165, 1.54) is 0 Å². The largest absolute Gasteiger partial charge is 0.386 e. The second-order valence-electron chi connectivity index (χ2n) is 6.38. The lowest BCUT2D eigenvalue weighted by Crippen LogP contribution is -2.55. The summed E-state index contributed by atoms with van der Waals surface area (Å²) in [6.07, 6.45) is 3.12. The van der Waals surface area contributed by atoms with Gasteiger partial charge in [-0.25, -0.2) is 0 Å². The van der Waals surface area contributed by atoms with Gasteiger partial charge in [-0.2, -0.15) is 5.26 Å². The van der Waals surface area contributed by atoms with E-state index in [2.05, 4.69) is 19.9 Å². The molecule has 3 nitrogen and oxygen atoms in total. The van der Waals surface area contributed by atoms with E-state index in [0.717, 1.165) is 25.7 Å². The van der Waals surface area contributed by atoms with Crippen LogP contribution < -0.4 is 0 Å². The zero-order valence-electron chi connectivity index (χ0n) is 11.7. The molecule has 1 N–H and O–H groups in total. The van der Waals surface area contributed by atoms with Crippen molar-refractivity contribution in [3.63, 3.8) is 0 Å². The van der Waals surface area contributed by atoms with Crippen LogP contribution in [0.1, 0.15) is 53.4 Å². The number of hydrogen-bond acceptors (Lipinski definition) is 3. The summed E-state index contributed by atoms with van der Waals surface area (Å²) in [7, 11) is 1.58. The molecule has 0 bridgehead atoms. The van der Waals surface area contributed by atoms with Gasteiger partial charge in [-0.3, -0.25) is 0 Å². The van der Waals surface area contributed by atoms with Crippen molar-refractivity contribution in [2.24, 2.45) is 10.8 Å². The van der Waals surface area contributed by atoms with Crippen LogP contribution in [-0.2, 0) is 4.74 Å². The van der Waals surface area contributed by atoms with Gasteiger partial charge >= 0.3 is 0 Å². The Hall–Kier alpha value is -0.590. The molecule has 2 atom stereocenters. The lowest BCUT2D eigenvalue weighted by atomic mass is 9.58. The van der Waals surface area contributed by atoms with Gasteiger partial charge in [0.15, 0.2) is 0 Å². The molecule has 0 aliphatic heterocycles. The maximum absolute atomic E-state index is 10.7. The van der Waals surface area contributed by atoms with E-state index in [9.17, 15) is 10.4 Å². The third kappa shape index (κ3) is 2.48. The summed E-state index contributed by atoms with van der Waals surface area (Å²) >= 11 is 0. The quantitative estimate of drug-likeness (QED) is 0.824. The lowest BCUT2D eigenvalue weighted by molar-refractivity contribution is -0.149. The van der Waals surface area contributed by atoms with Gasteiger partial charge in [-0.1, -0.05) is 13.8 Å². The molecule has 1 aliphatic rings. The van der Waals surface area contributed by atoms with Crippen molar-refractivity contribution in [3.8, 4) is 6.07 Å². The molecule has 1 fully saturated rings. The van der Waals surface area contributed by atoms with Crippen LogP contribution in [0.4, 0.5) is 0 Å². The summed E-state index contributed by atoms with van der Waals surface area (Å²) in [4.78, 5) is 0. The van der Waals surface area contributed by atoms with Crippen LogP contribution in [0.3, 0.4) is 0 Å². The molecule has 0 aromatic heterocycles. The van der Waals surface area contributed by atoms with Crippen LogP contribution in [0.25, 0.3) is 0 Å². The van der Waals surface area contributed by atoms with Gasteiger partial charge < -0.3 is 9.84 Å². The summed E-state index contributed by atoms with van der Waals surface area (Å²) in [5, 5.41) is 20.2. The number of aliphatic hydroxyl groups is 1. The molecule has 0 saturated heterocycles. The molecular weight excluding hydrogens is 214 g/mol. The molecule has 0 aromatic rings. The normalized spacial score (nSPS) is 27.8. The van der Waals surface area contributed by atoms with Gasteiger partial charge in [-0.05, 0) is 44.9 Å². The number of rotatable bonds is 3. The summed E-state index contributed by atoms with van der Waals surface area (Å²) < 4.78 is 5.25. The third-order valence-corrected chi connectivity index (χ3v) is 4.79. The number of methoxy groups -OCH3 is 1. The van der Waals surface area contributed by atoms with Crippen molar-refractivity contribution in [1.82, 2.24) is 0 Å². The average molecular weight is 239 g/mol. The Balaban J connectivity index is 2.96. The van der Waals surface area contributed by atoms with E-state index in [0.29, 0.717) is 0 Å². The molecule has 0 spiro atoms. The predicted molar refractivity (Wildman–Crippen MR) is 67.4 cm³/mol. The van der Waals surface area contributed by atoms with Crippen molar-refractivity contribution in [2.45, 2.75) is 65.1 Å². The van der Waals surface area contributed by atoms with Crippen molar-refractivity contribution in [3.05, 3.63) is 0 Å². The Morgan fingerprint density at radius 1 is 1.29 bits per heavy atom. The molecule has 0 aromatic carbocycles. The highest BCUT2D eigenvalue weighted by molar-refractivity contribution is 5.14. The fourth-order valence-corrected chi connectivity index (χ4v) is 2.70. The molecule has 1 rings (SSSR count). The molecule has 0 radical (unpaired) electrons. The van der Waals surface area contributed by atoms with Crippen LogP contribution in [0.2, 0.25) is 0 Å². The summed E-state index contributed by atoms with van der Waals surface area (Å²) in [5.74, 6) is 0.